The average molecular weight is 276 g/mol. The van der Waals surface area contributed by atoms with Crippen molar-refractivity contribution in [1.29, 1.82) is 0 Å². The largest absolute Gasteiger partial charge is 0.388 e. The van der Waals surface area contributed by atoms with Crippen molar-refractivity contribution in [2.45, 2.75) is 25.6 Å². The summed E-state index contributed by atoms with van der Waals surface area (Å²) in [5.74, 6) is -0.297. The molecule has 1 unspecified atom stereocenters. The molecule has 1 aromatic rings. The molecule has 0 radical (unpaired) electrons. The molecule has 1 aliphatic heterocycles. The summed E-state index contributed by atoms with van der Waals surface area (Å²) in [7, 11) is 1.85. The quantitative estimate of drug-likeness (QED) is 0.640. The third-order valence-electron chi connectivity index (χ3n) is 3.03. The molecule has 5 heteroatoms. The Kier molecular flexibility index (Phi) is 5.58. The molecule has 1 heterocycles. The molecule has 108 valence electrons. The van der Waals surface area contributed by atoms with Gasteiger partial charge in [0, 0.05) is 31.8 Å². The molecule has 1 saturated heterocycles. The Morgan fingerprint density at radius 1 is 1.45 bits per heavy atom. The van der Waals surface area contributed by atoms with Crippen molar-refractivity contribution in [3.63, 3.8) is 0 Å². The van der Waals surface area contributed by atoms with Crippen LogP contribution in [0.5, 0.6) is 0 Å². The highest BCUT2D eigenvalue weighted by atomic mass is 16.8. The van der Waals surface area contributed by atoms with E-state index in [-0.39, 0.29) is 12.2 Å². The number of hydrogen-bond acceptors (Lipinski definition) is 4. The molecular weight excluding hydrogens is 256 g/mol. The highest BCUT2D eigenvalue weighted by Crippen LogP contribution is 2.13. The van der Waals surface area contributed by atoms with Gasteiger partial charge >= 0.3 is 0 Å². The normalized spacial score (nSPS) is 18.9. The van der Waals surface area contributed by atoms with Crippen LogP contribution >= 0.6 is 0 Å². The lowest BCUT2D eigenvalue weighted by Gasteiger charge is -2.21. The number of benzene rings is 1. The topological polar surface area (TPSA) is 59.6 Å². The van der Waals surface area contributed by atoms with Crippen LogP contribution in [-0.2, 0) is 14.4 Å². The number of anilines is 1. The zero-order valence-electron chi connectivity index (χ0n) is 11.6. The first kappa shape index (κ1) is 14.6. The molecule has 0 aliphatic carbocycles. The first-order valence-corrected chi connectivity index (χ1v) is 6.81. The Morgan fingerprint density at radius 3 is 3.10 bits per heavy atom. The molecular formula is C15H20N2O3. The average Bonchev–Trinajstić information content (AvgIpc) is 2.52. The molecule has 0 bridgehead atoms. The molecule has 0 aromatic heterocycles. The van der Waals surface area contributed by atoms with Gasteiger partial charge in [-0.25, -0.2) is 10.3 Å². The SMILES string of the molecule is CNc1cccc(/C=C/C(=O)NOC2CCCCO2)c1. The Bertz CT molecular complexity index is 468. The monoisotopic (exact) mass is 276 g/mol. The van der Waals surface area contributed by atoms with Crippen LogP contribution in [0, 0.1) is 0 Å². The summed E-state index contributed by atoms with van der Waals surface area (Å²) in [5.41, 5.74) is 4.33. The van der Waals surface area contributed by atoms with E-state index in [4.69, 9.17) is 9.57 Å². The van der Waals surface area contributed by atoms with E-state index < -0.39 is 0 Å². The van der Waals surface area contributed by atoms with Crippen molar-refractivity contribution < 1.29 is 14.4 Å². The lowest BCUT2D eigenvalue weighted by Crippen LogP contribution is -2.32. The van der Waals surface area contributed by atoms with E-state index >= 15 is 0 Å². The van der Waals surface area contributed by atoms with Crippen molar-refractivity contribution in [2.24, 2.45) is 0 Å². The summed E-state index contributed by atoms with van der Waals surface area (Å²) in [6, 6.07) is 7.77. The molecule has 20 heavy (non-hydrogen) atoms. The van der Waals surface area contributed by atoms with Gasteiger partial charge in [0.1, 0.15) is 0 Å². The molecule has 5 nitrogen and oxygen atoms in total. The molecule has 1 fully saturated rings. The van der Waals surface area contributed by atoms with E-state index in [1.54, 1.807) is 6.08 Å². The van der Waals surface area contributed by atoms with Gasteiger partial charge in [0.05, 0.1) is 0 Å². The predicted molar refractivity (Wildman–Crippen MR) is 77.8 cm³/mol. The van der Waals surface area contributed by atoms with Crippen molar-refractivity contribution in [3.05, 3.63) is 35.9 Å². The molecule has 1 aromatic carbocycles. The Balaban J connectivity index is 1.79. The van der Waals surface area contributed by atoms with Gasteiger partial charge in [-0.15, -0.1) is 0 Å². The molecule has 0 saturated carbocycles. The summed E-state index contributed by atoms with van der Waals surface area (Å²) >= 11 is 0. The Hall–Kier alpha value is -1.85. The highest BCUT2D eigenvalue weighted by molar-refractivity contribution is 5.91. The molecule has 1 aliphatic rings. The molecule has 2 rings (SSSR count). The van der Waals surface area contributed by atoms with Crippen molar-refractivity contribution in [3.8, 4) is 0 Å². The summed E-state index contributed by atoms with van der Waals surface area (Å²) in [6.07, 6.45) is 5.78. The Morgan fingerprint density at radius 2 is 2.35 bits per heavy atom. The number of hydroxylamine groups is 1. The number of carbonyl (C=O) groups excluding carboxylic acids is 1. The van der Waals surface area contributed by atoms with Crippen LogP contribution in [0.4, 0.5) is 5.69 Å². The fourth-order valence-corrected chi connectivity index (χ4v) is 1.93. The maximum atomic E-state index is 11.6. The van der Waals surface area contributed by atoms with Crippen molar-refractivity contribution >= 4 is 17.7 Å². The zero-order chi connectivity index (χ0) is 14.2. The number of nitrogens with one attached hydrogen (secondary N) is 2. The maximum Gasteiger partial charge on any atom is 0.267 e. The van der Waals surface area contributed by atoms with E-state index in [2.05, 4.69) is 10.8 Å². The van der Waals surface area contributed by atoms with Crippen LogP contribution in [0.3, 0.4) is 0 Å². The second-order valence-electron chi connectivity index (χ2n) is 4.59. The van der Waals surface area contributed by atoms with E-state index in [1.165, 1.54) is 6.08 Å². The third kappa shape index (κ3) is 4.68. The molecule has 1 amide bonds. The molecule has 2 N–H and O–H groups in total. The lowest BCUT2D eigenvalue weighted by atomic mass is 10.2. The van der Waals surface area contributed by atoms with Gasteiger partial charge in [-0.3, -0.25) is 4.79 Å². The van der Waals surface area contributed by atoms with E-state index in [0.29, 0.717) is 6.61 Å². The second kappa shape index (κ2) is 7.67. The molecule has 0 spiro atoms. The van der Waals surface area contributed by atoms with Gasteiger partial charge in [0.15, 0.2) is 6.29 Å². The first-order chi connectivity index (χ1) is 9.78. The van der Waals surface area contributed by atoms with Gasteiger partial charge in [-0.2, -0.15) is 0 Å². The number of rotatable bonds is 5. The predicted octanol–water partition coefficient (Wildman–Crippen LogP) is 2.32. The summed E-state index contributed by atoms with van der Waals surface area (Å²) < 4.78 is 5.35. The fourth-order valence-electron chi connectivity index (χ4n) is 1.93. The number of ether oxygens (including phenoxy) is 1. The fraction of sp³-hybridized carbons (Fsp3) is 0.400. The van der Waals surface area contributed by atoms with Gasteiger partial charge in [0.25, 0.3) is 5.91 Å². The second-order valence-corrected chi connectivity index (χ2v) is 4.59. The number of amides is 1. The molecule has 1 atom stereocenters. The van der Waals surface area contributed by atoms with Gasteiger partial charge in [-0.1, -0.05) is 12.1 Å². The Labute approximate surface area is 118 Å². The van der Waals surface area contributed by atoms with Crippen LogP contribution in [0.25, 0.3) is 6.08 Å². The van der Waals surface area contributed by atoms with Gasteiger partial charge in [0.2, 0.25) is 0 Å². The summed E-state index contributed by atoms with van der Waals surface area (Å²) in [6.45, 7) is 0.688. The third-order valence-corrected chi connectivity index (χ3v) is 3.03. The highest BCUT2D eigenvalue weighted by Gasteiger charge is 2.14. The first-order valence-electron chi connectivity index (χ1n) is 6.81. The van der Waals surface area contributed by atoms with Gasteiger partial charge < -0.3 is 10.1 Å². The van der Waals surface area contributed by atoms with Crippen LogP contribution in [0.15, 0.2) is 30.3 Å². The zero-order valence-corrected chi connectivity index (χ0v) is 11.6. The van der Waals surface area contributed by atoms with E-state index in [0.717, 1.165) is 30.5 Å². The number of carbonyl (C=O) groups is 1. The minimum absolute atomic E-state index is 0.297. The maximum absolute atomic E-state index is 11.6. The minimum atomic E-state index is -0.325. The van der Waals surface area contributed by atoms with Crippen LogP contribution in [0.2, 0.25) is 0 Å². The minimum Gasteiger partial charge on any atom is -0.388 e. The summed E-state index contributed by atoms with van der Waals surface area (Å²) in [5, 5.41) is 3.05. The van der Waals surface area contributed by atoms with E-state index in [1.807, 2.05) is 31.3 Å². The number of hydrogen-bond donors (Lipinski definition) is 2. The summed E-state index contributed by atoms with van der Waals surface area (Å²) in [4.78, 5) is 16.8. The van der Waals surface area contributed by atoms with E-state index in [9.17, 15) is 4.79 Å². The van der Waals surface area contributed by atoms with Gasteiger partial charge in [-0.05, 0) is 36.6 Å². The lowest BCUT2D eigenvalue weighted by molar-refractivity contribution is -0.198. The smallest absolute Gasteiger partial charge is 0.267 e. The van der Waals surface area contributed by atoms with Crippen molar-refractivity contribution in [2.75, 3.05) is 19.0 Å². The van der Waals surface area contributed by atoms with Crippen LogP contribution < -0.4 is 10.8 Å². The van der Waals surface area contributed by atoms with Crippen molar-refractivity contribution in [1.82, 2.24) is 5.48 Å². The van der Waals surface area contributed by atoms with Crippen LogP contribution in [-0.4, -0.2) is 25.9 Å². The standard InChI is InChI=1S/C15H20N2O3/c1-16-13-6-4-5-12(11-13)8-9-14(18)17-20-15-7-2-3-10-19-15/h4-6,8-9,11,15-16H,2-3,7,10H2,1H3,(H,17,18)/b9-8+. The van der Waals surface area contributed by atoms with Crippen LogP contribution in [0.1, 0.15) is 24.8 Å².